The molecule has 1 saturated heterocycles. The van der Waals surface area contributed by atoms with Crippen LogP contribution in [-0.4, -0.2) is 49.5 Å². The van der Waals surface area contributed by atoms with E-state index in [1.54, 1.807) is 6.07 Å². The Morgan fingerprint density at radius 1 is 1.11 bits per heavy atom. The topological polar surface area (TPSA) is 86.3 Å². The standard InChI is InChI=1S/C20H20N2O6/c23-19(21-11-14-6-7-17-18(10-14)28-13-27-17)16-12-26-20(24)22(16)8-9-25-15-4-2-1-3-5-15/h1-7,10,16H,8-9,11-13H2,(H,21,23)/t16-/m0/s1. The number of fused-ring (bicyclic) bond motifs is 1. The molecular weight excluding hydrogens is 364 g/mol. The Morgan fingerprint density at radius 2 is 1.93 bits per heavy atom. The van der Waals surface area contributed by atoms with Crippen LogP contribution in [0.25, 0.3) is 0 Å². The van der Waals surface area contributed by atoms with Crippen molar-refractivity contribution in [1.82, 2.24) is 10.2 Å². The summed E-state index contributed by atoms with van der Waals surface area (Å²) in [5.41, 5.74) is 0.877. The van der Waals surface area contributed by atoms with Gasteiger partial charge in [-0.05, 0) is 29.8 Å². The zero-order chi connectivity index (χ0) is 19.3. The number of para-hydroxylation sites is 1. The van der Waals surface area contributed by atoms with Gasteiger partial charge in [-0.15, -0.1) is 0 Å². The number of hydrogen-bond donors (Lipinski definition) is 1. The van der Waals surface area contributed by atoms with Crippen molar-refractivity contribution in [2.24, 2.45) is 0 Å². The molecular formula is C20H20N2O6. The monoisotopic (exact) mass is 384 g/mol. The van der Waals surface area contributed by atoms with Crippen LogP contribution in [0.2, 0.25) is 0 Å². The first-order valence-corrected chi connectivity index (χ1v) is 8.98. The van der Waals surface area contributed by atoms with E-state index in [4.69, 9.17) is 18.9 Å². The molecule has 1 atom stereocenters. The van der Waals surface area contributed by atoms with Crippen molar-refractivity contribution in [1.29, 1.82) is 0 Å². The maximum Gasteiger partial charge on any atom is 0.410 e. The van der Waals surface area contributed by atoms with Gasteiger partial charge in [0.15, 0.2) is 11.5 Å². The maximum absolute atomic E-state index is 12.6. The highest BCUT2D eigenvalue weighted by molar-refractivity contribution is 5.87. The molecule has 2 amide bonds. The molecule has 2 heterocycles. The van der Waals surface area contributed by atoms with E-state index in [0.717, 1.165) is 5.56 Å². The highest BCUT2D eigenvalue weighted by Gasteiger charge is 2.37. The number of nitrogens with zero attached hydrogens (tertiary/aromatic N) is 1. The van der Waals surface area contributed by atoms with Crippen molar-refractivity contribution in [3.8, 4) is 17.2 Å². The molecule has 0 bridgehead atoms. The molecule has 1 fully saturated rings. The van der Waals surface area contributed by atoms with Crippen LogP contribution in [0.3, 0.4) is 0 Å². The Balaban J connectivity index is 1.30. The van der Waals surface area contributed by atoms with Gasteiger partial charge in [0.25, 0.3) is 0 Å². The second kappa shape index (κ2) is 8.08. The minimum absolute atomic E-state index is 0.0249. The molecule has 146 valence electrons. The molecule has 2 aromatic rings. The molecule has 0 saturated carbocycles. The van der Waals surface area contributed by atoms with E-state index in [9.17, 15) is 9.59 Å². The minimum atomic E-state index is -0.680. The van der Waals surface area contributed by atoms with Crippen molar-refractivity contribution in [2.75, 3.05) is 26.6 Å². The number of carbonyl (C=O) groups excluding carboxylic acids is 2. The van der Waals surface area contributed by atoms with Gasteiger partial charge in [0.1, 0.15) is 25.0 Å². The quantitative estimate of drug-likeness (QED) is 0.785. The highest BCUT2D eigenvalue weighted by Crippen LogP contribution is 2.32. The molecule has 0 aliphatic carbocycles. The molecule has 2 aliphatic rings. The van der Waals surface area contributed by atoms with Crippen LogP contribution in [0.1, 0.15) is 5.56 Å². The fourth-order valence-corrected chi connectivity index (χ4v) is 3.05. The van der Waals surface area contributed by atoms with Crippen LogP contribution in [0.4, 0.5) is 4.79 Å². The molecule has 1 N–H and O–H groups in total. The second-order valence-corrected chi connectivity index (χ2v) is 6.35. The van der Waals surface area contributed by atoms with Gasteiger partial charge in [-0.25, -0.2) is 4.79 Å². The summed E-state index contributed by atoms with van der Waals surface area (Å²) >= 11 is 0. The SMILES string of the molecule is O=C(NCc1ccc2c(c1)OCO2)[C@@H]1COC(=O)N1CCOc1ccccc1. The number of hydrogen-bond acceptors (Lipinski definition) is 6. The van der Waals surface area contributed by atoms with Crippen LogP contribution in [0, 0.1) is 0 Å². The maximum atomic E-state index is 12.6. The van der Waals surface area contributed by atoms with Crippen molar-refractivity contribution < 1.29 is 28.5 Å². The molecule has 8 nitrogen and oxygen atoms in total. The lowest BCUT2D eigenvalue weighted by Crippen LogP contribution is -2.46. The van der Waals surface area contributed by atoms with Crippen molar-refractivity contribution in [3.63, 3.8) is 0 Å². The summed E-state index contributed by atoms with van der Waals surface area (Å²) in [6.07, 6.45) is -0.514. The number of ether oxygens (including phenoxy) is 4. The third-order valence-corrected chi connectivity index (χ3v) is 4.53. The molecule has 2 aromatic carbocycles. The first kappa shape index (κ1) is 18.0. The van der Waals surface area contributed by atoms with Crippen LogP contribution < -0.4 is 19.5 Å². The Hall–Kier alpha value is -3.42. The van der Waals surface area contributed by atoms with Crippen molar-refractivity contribution >= 4 is 12.0 Å². The summed E-state index contributed by atoms with van der Waals surface area (Å²) in [7, 11) is 0. The third-order valence-electron chi connectivity index (χ3n) is 4.53. The van der Waals surface area contributed by atoms with E-state index in [1.165, 1.54) is 4.90 Å². The van der Waals surface area contributed by atoms with Crippen LogP contribution in [0.15, 0.2) is 48.5 Å². The second-order valence-electron chi connectivity index (χ2n) is 6.35. The average molecular weight is 384 g/mol. The fourth-order valence-electron chi connectivity index (χ4n) is 3.05. The number of rotatable bonds is 7. The fraction of sp³-hybridized carbons (Fsp3) is 0.300. The molecule has 2 aliphatic heterocycles. The van der Waals surface area contributed by atoms with Crippen LogP contribution in [0.5, 0.6) is 17.2 Å². The molecule has 8 heteroatoms. The lowest BCUT2D eigenvalue weighted by atomic mass is 10.2. The van der Waals surface area contributed by atoms with E-state index in [-0.39, 0.29) is 32.5 Å². The number of cyclic esters (lactones) is 1. The average Bonchev–Trinajstić information content (AvgIpc) is 3.33. The van der Waals surface area contributed by atoms with Gasteiger partial charge in [-0.2, -0.15) is 0 Å². The predicted molar refractivity (Wildman–Crippen MR) is 98.2 cm³/mol. The zero-order valence-electron chi connectivity index (χ0n) is 15.1. The number of amides is 2. The van der Waals surface area contributed by atoms with E-state index in [1.807, 2.05) is 42.5 Å². The summed E-state index contributed by atoms with van der Waals surface area (Å²) in [5, 5.41) is 2.84. The first-order valence-electron chi connectivity index (χ1n) is 8.98. The lowest BCUT2D eigenvalue weighted by Gasteiger charge is -2.21. The van der Waals surface area contributed by atoms with Gasteiger partial charge in [0.05, 0.1) is 6.54 Å². The number of carbonyl (C=O) groups is 2. The first-order chi connectivity index (χ1) is 13.7. The van der Waals surface area contributed by atoms with Gasteiger partial charge in [0, 0.05) is 6.54 Å². The summed E-state index contributed by atoms with van der Waals surface area (Å²) in [6, 6.07) is 14.1. The van der Waals surface area contributed by atoms with Gasteiger partial charge in [-0.3, -0.25) is 9.69 Å². The van der Waals surface area contributed by atoms with Gasteiger partial charge in [0.2, 0.25) is 12.7 Å². The highest BCUT2D eigenvalue weighted by atomic mass is 16.7. The Bertz CT molecular complexity index is 857. The molecule has 0 unspecified atom stereocenters. The van der Waals surface area contributed by atoms with Crippen LogP contribution in [-0.2, 0) is 16.1 Å². The van der Waals surface area contributed by atoms with Gasteiger partial charge < -0.3 is 24.3 Å². The summed E-state index contributed by atoms with van der Waals surface area (Å²) < 4.78 is 21.3. The summed E-state index contributed by atoms with van der Waals surface area (Å²) in [4.78, 5) is 25.9. The minimum Gasteiger partial charge on any atom is -0.492 e. The lowest BCUT2D eigenvalue weighted by molar-refractivity contribution is -0.125. The van der Waals surface area contributed by atoms with Crippen molar-refractivity contribution in [3.05, 3.63) is 54.1 Å². The van der Waals surface area contributed by atoms with E-state index < -0.39 is 12.1 Å². The molecule has 4 rings (SSSR count). The van der Waals surface area contributed by atoms with E-state index in [2.05, 4.69) is 5.32 Å². The normalized spacial score (nSPS) is 17.4. The van der Waals surface area contributed by atoms with Gasteiger partial charge >= 0.3 is 6.09 Å². The molecule has 0 radical (unpaired) electrons. The van der Waals surface area contributed by atoms with E-state index >= 15 is 0 Å². The summed E-state index contributed by atoms with van der Waals surface area (Å²) in [5.74, 6) is 1.78. The number of nitrogens with one attached hydrogen (secondary N) is 1. The van der Waals surface area contributed by atoms with Crippen molar-refractivity contribution in [2.45, 2.75) is 12.6 Å². The van der Waals surface area contributed by atoms with E-state index in [0.29, 0.717) is 23.8 Å². The summed E-state index contributed by atoms with van der Waals surface area (Å²) in [6.45, 7) is 1.07. The Kier molecular flexibility index (Phi) is 5.18. The third kappa shape index (κ3) is 3.95. The zero-order valence-corrected chi connectivity index (χ0v) is 15.1. The molecule has 28 heavy (non-hydrogen) atoms. The Labute approximate surface area is 161 Å². The van der Waals surface area contributed by atoms with Crippen LogP contribution >= 0.6 is 0 Å². The molecule has 0 aromatic heterocycles. The smallest absolute Gasteiger partial charge is 0.410 e. The predicted octanol–water partition coefficient (Wildman–Crippen LogP) is 1.93. The Morgan fingerprint density at radius 3 is 2.79 bits per heavy atom. The van der Waals surface area contributed by atoms with Gasteiger partial charge in [-0.1, -0.05) is 24.3 Å². The molecule has 0 spiro atoms. The number of benzene rings is 2. The largest absolute Gasteiger partial charge is 0.492 e.